The van der Waals surface area contributed by atoms with Gasteiger partial charge in [-0.1, -0.05) is 6.07 Å². The topological polar surface area (TPSA) is 74.7 Å². The standard InChI is InChI=1S/C13H10N4O2.ClH/c14-13-15-12-4-2-9(6-17(12)16-13)8-1-3-10-11(5-8)19-7-18-10;/h1-6H,7H2,(H2,14,16);1H. The average Bonchev–Trinajstić information content (AvgIpc) is 3.01. The summed E-state index contributed by atoms with van der Waals surface area (Å²) in [7, 11) is 0. The van der Waals surface area contributed by atoms with Gasteiger partial charge in [-0.3, -0.25) is 0 Å². The third kappa shape index (κ3) is 1.90. The molecular formula is C13H11ClN4O2. The van der Waals surface area contributed by atoms with E-state index in [1.807, 2.05) is 36.5 Å². The van der Waals surface area contributed by atoms with Gasteiger partial charge in [0.05, 0.1) is 0 Å². The molecule has 0 saturated carbocycles. The maximum atomic E-state index is 5.57. The zero-order valence-corrected chi connectivity index (χ0v) is 11.1. The molecule has 4 rings (SSSR count). The van der Waals surface area contributed by atoms with Crippen LogP contribution < -0.4 is 15.2 Å². The molecule has 0 fully saturated rings. The SMILES string of the molecule is Cl.Nc1nc2ccc(-c3ccc4c(c3)OCO4)cn2n1. The van der Waals surface area contributed by atoms with Gasteiger partial charge in [-0.2, -0.15) is 4.98 Å². The number of nitrogens with zero attached hydrogens (tertiary/aromatic N) is 3. The summed E-state index contributed by atoms with van der Waals surface area (Å²) < 4.78 is 12.3. The number of hydrogen-bond donors (Lipinski definition) is 1. The van der Waals surface area contributed by atoms with Crippen LogP contribution in [0.25, 0.3) is 16.8 Å². The summed E-state index contributed by atoms with van der Waals surface area (Å²) in [5, 5.41) is 4.10. The lowest BCUT2D eigenvalue weighted by Gasteiger charge is -2.03. The average molecular weight is 291 g/mol. The van der Waals surface area contributed by atoms with Crippen LogP contribution in [0, 0.1) is 0 Å². The number of rotatable bonds is 1. The lowest BCUT2D eigenvalue weighted by Crippen LogP contribution is -1.92. The first-order valence-electron chi connectivity index (χ1n) is 5.81. The molecule has 0 saturated heterocycles. The second-order valence-corrected chi connectivity index (χ2v) is 4.26. The lowest BCUT2D eigenvalue weighted by molar-refractivity contribution is 0.174. The van der Waals surface area contributed by atoms with Crippen LogP contribution >= 0.6 is 12.4 Å². The molecule has 6 nitrogen and oxygen atoms in total. The minimum Gasteiger partial charge on any atom is -0.454 e. The fraction of sp³-hybridized carbons (Fsp3) is 0.0769. The molecule has 0 radical (unpaired) electrons. The summed E-state index contributed by atoms with van der Waals surface area (Å²) in [6.45, 7) is 0.275. The fourth-order valence-corrected chi connectivity index (χ4v) is 2.15. The van der Waals surface area contributed by atoms with E-state index in [-0.39, 0.29) is 25.1 Å². The van der Waals surface area contributed by atoms with Crippen molar-refractivity contribution < 1.29 is 9.47 Å². The van der Waals surface area contributed by atoms with E-state index in [0.717, 1.165) is 28.3 Å². The molecule has 1 aromatic carbocycles. The summed E-state index contributed by atoms with van der Waals surface area (Å²) in [6, 6.07) is 9.68. The number of nitrogens with two attached hydrogens (primary N) is 1. The van der Waals surface area contributed by atoms with E-state index < -0.39 is 0 Å². The Hall–Kier alpha value is -2.47. The third-order valence-corrected chi connectivity index (χ3v) is 3.05. The molecule has 3 aromatic rings. The van der Waals surface area contributed by atoms with Gasteiger partial charge in [0.1, 0.15) is 0 Å². The predicted octanol–water partition coefficient (Wildman–Crippen LogP) is 2.13. The first-order valence-corrected chi connectivity index (χ1v) is 5.81. The van der Waals surface area contributed by atoms with Crippen molar-refractivity contribution in [3.8, 4) is 22.6 Å². The van der Waals surface area contributed by atoms with Crippen molar-refractivity contribution in [1.82, 2.24) is 14.6 Å². The van der Waals surface area contributed by atoms with Crippen LogP contribution in [0.4, 0.5) is 5.95 Å². The summed E-state index contributed by atoms with van der Waals surface area (Å²) in [4.78, 5) is 4.09. The monoisotopic (exact) mass is 290 g/mol. The van der Waals surface area contributed by atoms with E-state index in [9.17, 15) is 0 Å². The number of ether oxygens (including phenoxy) is 2. The van der Waals surface area contributed by atoms with Crippen molar-refractivity contribution in [1.29, 1.82) is 0 Å². The number of benzene rings is 1. The maximum absolute atomic E-state index is 5.57. The van der Waals surface area contributed by atoms with Gasteiger partial charge >= 0.3 is 0 Å². The van der Waals surface area contributed by atoms with Crippen molar-refractivity contribution >= 4 is 24.0 Å². The molecule has 0 aliphatic carbocycles. The smallest absolute Gasteiger partial charge is 0.240 e. The number of hydrogen-bond acceptors (Lipinski definition) is 5. The summed E-state index contributed by atoms with van der Waals surface area (Å²) in [6.07, 6.45) is 1.89. The second-order valence-electron chi connectivity index (χ2n) is 4.26. The van der Waals surface area contributed by atoms with Crippen molar-refractivity contribution in [2.75, 3.05) is 12.5 Å². The van der Waals surface area contributed by atoms with Gasteiger partial charge in [0.2, 0.25) is 12.7 Å². The number of pyridine rings is 1. The molecule has 0 bridgehead atoms. The van der Waals surface area contributed by atoms with E-state index in [1.54, 1.807) is 4.52 Å². The van der Waals surface area contributed by atoms with E-state index in [0.29, 0.717) is 0 Å². The Morgan fingerprint density at radius 2 is 1.85 bits per heavy atom. The van der Waals surface area contributed by atoms with E-state index >= 15 is 0 Å². The molecular weight excluding hydrogens is 280 g/mol. The van der Waals surface area contributed by atoms with Gasteiger partial charge in [-0.25, -0.2) is 4.52 Å². The highest BCUT2D eigenvalue weighted by molar-refractivity contribution is 5.85. The molecule has 7 heteroatoms. The summed E-state index contributed by atoms with van der Waals surface area (Å²) in [5.74, 6) is 1.80. The van der Waals surface area contributed by atoms with Crippen molar-refractivity contribution in [2.24, 2.45) is 0 Å². The van der Waals surface area contributed by atoms with Crippen molar-refractivity contribution in [2.45, 2.75) is 0 Å². The maximum Gasteiger partial charge on any atom is 0.240 e. The van der Waals surface area contributed by atoms with Crippen LogP contribution in [-0.2, 0) is 0 Å². The molecule has 1 aliphatic rings. The second kappa shape index (κ2) is 4.57. The van der Waals surface area contributed by atoms with Gasteiger partial charge in [-0.15, -0.1) is 17.5 Å². The highest BCUT2D eigenvalue weighted by atomic mass is 35.5. The molecule has 0 spiro atoms. The highest BCUT2D eigenvalue weighted by Crippen LogP contribution is 2.35. The minimum absolute atomic E-state index is 0. The molecule has 2 aromatic heterocycles. The molecule has 102 valence electrons. The lowest BCUT2D eigenvalue weighted by atomic mass is 10.1. The van der Waals surface area contributed by atoms with Crippen LogP contribution in [0.2, 0.25) is 0 Å². The molecule has 2 N–H and O–H groups in total. The first kappa shape index (κ1) is 12.6. The van der Waals surface area contributed by atoms with Gasteiger partial charge in [0.25, 0.3) is 0 Å². The Balaban J connectivity index is 0.00000121. The van der Waals surface area contributed by atoms with Gasteiger partial charge in [-0.05, 0) is 29.8 Å². The molecule has 0 amide bonds. The molecule has 0 atom stereocenters. The Kier molecular flexibility index (Phi) is 2.87. The van der Waals surface area contributed by atoms with Crippen molar-refractivity contribution in [3.05, 3.63) is 36.5 Å². The molecule has 1 aliphatic heterocycles. The number of anilines is 1. The number of halogens is 1. The molecule has 3 heterocycles. The number of nitrogen functional groups attached to an aromatic ring is 1. The van der Waals surface area contributed by atoms with Gasteiger partial charge in [0, 0.05) is 11.8 Å². The normalized spacial score (nSPS) is 12.4. The van der Waals surface area contributed by atoms with Crippen LogP contribution in [0.5, 0.6) is 11.5 Å². The highest BCUT2D eigenvalue weighted by Gasteiger charge is 2.14. The minimum atomic E-state index is 0. The quantitative estimate of drug-likeness (QED) is 0.743. The Bertz CT molecular complexity index is 787. The molecule has 20 heavy (non-hydrogen) atoms. The van der Waals surface area contributed by atoms with Crippen LogP contribution in [0.3, 0.4) is 0 Å². The zero-order chi connectivity index (χ0) is 12.8. The molecule has 0 unspecified atom stereocenters. The van der Waals surface area contributed by atoms with Gasteiger partial charge < -0.3 is 15.2 Å². The summed E-state index contributed by atoms with van der Waals surface area (Å²) in [5.41, 5.74) is 8.34. The van der Waals surface area contributed by atoms with E-state index in [4.69, 9.17) is 15.2 Å². The van der Waals surface area contributed by atoms with Gasteiger partial charge in [0.15, 0.2) is 17.1 Å². The van der Waals surface area contributed by atoms with Crippen molar-refractivity contribution in [3.63, 3.8) is 0 Å². The van der Waals surface area contributed by atoms with Crippen LogP contribution in [0.15, 0.2) is 36.5 Å². The largest absolute Gasteiger partial charge is 0.454 e. The van der Waals surface area contributed by atoms with E-state index in [2.05, 4.69) is 10.1 Å². The van der Waals surface area contributed by atoms with E-state index in [1.165, 1.54) is 0 Å². The van der Waals surface area contributed by atoms with Crippen LogP contribution in [0.1, 0.15) is 0 Å². The zero-order valence-electron chi connectivity index (χ0n) is 10.3. The van der Waals surface area contributed by atoms with Crippen LogP contribution in [-0.4, -0.2) is 21.4 Å². The fourth-order valence-electron chi connectivity index (χ4n) is 2.15. The Morgan fingerprint density at radius 3 is 2.75 bits per heavy atom. The predicted molar refractivity (Wildman–Crippen MR) is 76.2 cm³/mol. The third-order valence-electron chi connectivity index (χ3n) is 3.05. The number of aromatic nitrogens is 3. The first-order chi connectivity index (χ1) is 9.29. The number of fused-ring (bicyclic) bond motifs is 2. The summed E-state index contributed by atoms with van der Waals surface area (Å²) >= 11 is 0. The Morgan fingerprint density at radius 1 is 1.05 bits per heavy atom. The Labute approximate surface area is 120 Å².